The van der Waals surface area contributed by atoms with Crippen LogP contribution in [0.4, 0.5) is 0 Å². The van der Waals surface area contributed by atoms with Crippen molar-refractivity contribution in [3.8, 4) is 0 Å². The van der Waals surface area contributed by atoms with E-state index in [4.69, 9.17) is 0 Å². The van der Waals surface area contributed by atoms with Gasteiger partial charge in [-0.2, -0.15) is 10.3 Å². The first-order chi connectivity index (χ1) is 7.27. The molecule has 0 saturated carbocycles. The normalized spacial score (nSPS) is 21.1. The van der Waals surface area contributed by atoms with Crippen molar-refractivity contribution in [1.29, 1.82) is 0 Å². The Bertz CT molecular complexity index is 361. The predicted molar refractivity (Wildman–Crippen MR) is 52.3 cm³/mol. The second kappa shape index (κ2) is 3.98. The molecular formula is C9H14N4O2. The number of aromatic nitrogens is 3. The summed E-state index contributed by atoms with van der Waals surface area (Å²) in [6.45, 7) is 4.09. The third-order valence-corrected chi connectivity index (χ3v) is 2.81. The molecule has 1 fully saturated rings. The van der Waals surface area contributed by atoms with Gasteiger partial charge in [-0.25, -0.2) is 4.79 Å². The second-order valence-corrected chi connectivity index (χ2v) is 3.48. The molecule has 1 saturated heterocycles. The molecule has 1 aliphatic rings. The number of nitrogens with one attached hydrogen (secondary N) is 1. The van der Waals surface area contributed by atoms with E-state index in [9.17, 15) is 4.79 Å². The van der Waals surface area contributed by atoms with Crippen molar-refractivity contribution in [3.05, 3.63) is 11.4 Å². The summed E-state index contributed by atoms with van der Waals surface area (Å²) in [4.78, 5) is 13.6. The minimum atomic E-state index is -0.429. The molecule has 0 aromatic carbocycles. The molecule has 82 valence electrons. The molecule has 6 heteroatoms. The summed E-state index contributed by atoms with van der Waals surface area (Å²) in [5, 5.41) is 10.3. The summed E-state index contributed by atoms with van der Waals surface area (Å²) in [5.41, 5.74) is 1.01. The third-order valence-electron chi connectivity index (χ3n) is 2.81. The van der Waals surface area contributed by atoms with Crippen molar-refractivity contribution < 1.29 is 9.53 Å². The van der Waals surface area contributed by atoms with E-state index in [0.29, 0.717) is 11.4 Å². The first-order valence-corrected chi connectivity index (χ1v) is 5.01. The zero-order chi connectivity index (χ0) is 10.8. The first-order valence-electron chi connectivity index (χ1n) is 5.01. The first kappa shape index (κ1) is 10.1. The van der Waals surface area contributed by atoms with Crippen LogP contribution in [0.2, 0.25) is 0 Å². The number of likely N-dealkylation sites (tertiary alicyclic amines) is 1. The standard InChI is InChI=1S/C9H14N4O2/c1-3-13-5-4-6(13)7-8(9(14)15-2)11-12-10-7/h6H,3-5H2,1-2H3,(H,10,11,12). The van der Waals surface area contributed by atoms with E-state index in [-0.39, 0.29) is 6.04 Å². The largest absolute Gasteiger partial charge is 0.464 e. The maximum Gasteiger partial charge on any atom is 0.360 e. The summed E-state index contributed by atoms with van der Waals surface area (Å²) in [7, 11) is 1.35. The van der Waals surface area contributed by atoms with Gasteiger partial charge in [-0.3, -0.25) is 4.90 Å². The molecule has 1 aromatic rings. The Morgan fingerprint density at radius 2 is 2.47 bits per heavy atom. The van der Waals surface area contributed by atoms with Crippen LogP contribution in [0.25, 0.3) is 0 Å². The molecule has 2 heterocycles. The number of carbonyl (C=O) groups is 1. The van der Waals surface area contributed by atoms with Crippen LogP contribution in [0.1, 0.15) is 35.6 Å². The number of aromatic amines is 1. The van der Waals surface area contributed by atoms with Gasteiger partial charge in [0.15, 0.2) is 5.69 Å². The molecule has 6 nitrogen and oxygen atoms in total. The summed E-state index contributed by atoms with van der Waals surface area (Å²) in [6, 6.07) is 0.211. The van der Waals surface area contributed by atoms with E-state index in [1.807, 2.05) is 0 Å². The molecule has 0 bridgehead atoms. The lowest BCUT2D eigenvalue weighted by molar-refractivity contribution is 0.0575. The van der Waals surface area contributed by atoms with E-state index < -0.39 is 5.97 Å². The van der Waals surface area contributed by atoms with E-state index in [1.165, 1.54) is 7.11 Å². The topological polar surface area (TPSA) is 71.1 Å². The van der Waals surface area contributed by atoms with E-state index >= 15 is 0 Å². The van der Waals surface area contributed by atoms with Crippen LogP contribution in [0, 0.1) is 0 Å². The maximum absolute atomic E-state index is 11.4. The third kappa shape index (κ3) is 1.61. The number of esters is 1. The predicted octanol–water partition coefficient (Wildman–Crippen LogP) is 0.358. The number of hydrogen-bond acceptors (Lipinski definition) is 5. The lowest BCUT2D eigenvalue weighted by atomic mass is 9.98. The lowest BCUT2D eigenvalue weighted by Crippen LogP contribution is -2.41. The van der Waals surface area contributed by atoms with Crippen molar-refractivity contribution in [1.82, 2.24) is 20.3 Å². The van der Waals surface area contributed by atoms with Crippen LogP contribution >= 0.6 is 0 Å². The minimum Gasteiger partial charge on any atom is -0.464 e. The van der Waals surface area contributed by atoms with Gasteiger partial charge in [-0.15, -0.1) is 5.10 Å². The molecule has 0 aliphatic carbocycles. The SMILES string of the molecule is CCN1CCC1c1n[nH]nc1C(=O)OC. The van der Waals surface area contributed by atoms with Gasteiger partial charge in [0, 0.05) is 6.54 Å². The van der Waals surface area contributed by atoms with Crippen LogP contribution in [0.15, 0.2) is 0 Å². The van der Waals surface area contributed by atoms with Crippen LogP contribution in [0.5, 0.6) is 0 Å². The summed E-state index contributed by atoms with van der Waals surface area (Å²) in [6.07, 6.45) is 1.02. The monoisotopic (exact) mass is 210 g/mol. The van der Waals surface area contributed by atoms with Gasteiger partial charge in [0.05, 0.1) is 13.2 Å². The molecular weight excluding hydrogens is 196 g/mol. The van der Waals surface area contributed by atoms with Crippen LogP contribution in [-0.2, 0) is 4.74 Å². The Balaban J connectivity index is 2.21. The molecule has 1 unspecified atom stereocenters. The van der Waals surface area contributed by atoms with Crippen LogP contribution in [-0.4, -0.2) is 46.5 Å². The van der Waals surface area contributed by atoms with Crippen molar-refractivity contribution in [3.63, 3.8) is 0 Å². The molecule has 0 spiro atoms. The highest BCUT2D eigenvalue weighted by atomic mass is 16.5. The maximum atomic E-state index is 11.4. The van der Waals surface area contributed by atoms with Gasteiger partial charge < -0.3 is 4.74 Å². The fraction of sp³-hybridized carbons (Fsp3) is 0.667. The van der Waals surface area contributed by atoms with Gasteiger partial charge in [-0.1, -0.05) is 6.92 Å². The second-order valence-electron chi connectivity index (χ2n) is 3.48. The number of ether oxygens (including phenoxy) is 1. The quantitative estimate of drug-likeness (QED) is 0.729. The van der Waals surface area contributed by atoms with Gasteiger partial charge in [0.1, 0.15) is 5.69 Å². The number of methoxy groups -OCH3 is 1. The Labute approximate surface area is 87.6 Å². The average molecular weight is 210 g/mol. The van der Waals surface area contributed by atoms with Crippen molar-refractivity contribution in [2.75, 3.05) is 20.2 Å². The zero-order valence-electron chi connectivity index (χ0n) is 8.86. The number of carbonyl (C=O) groups excluding carboxylic acids is 1. The molecule has 0 radical (unpaired) electrons. The smallest absolute Gasteiger partial charge is 0.360 e. The molecule has 1 N–H and O–H groups in total. The minimum absolute atomic E-state index is 0.211. The Morgan fingerprint density at radius 1 is 1.67 bits per heavy atom. The molecule has 1 aliphatic heterocycles. The van der Waals surface area contributed by atoms with Gasteiger partial charge >= 0.3 is 5.97 Å². The highest BCUT2D eigenvalue weighted by molar-refractivity contribution is 5.88. The van der Waals surface area contributed by atoms with Crippen LogP contribution in [0.3, 0.4) is 0 Å². The summed E-state index contributed by atoms with van der Waals surface area (Å²) >= 11 is 0. The van der Waals surface area contributed by atoms with E-state index in [0.717, 1.165) is 19.5 Å². The van der Waals surface area contributed by atoms with Gasteiger partial charge in [-0.05, 0) is 13.0 Å². The van der Waals surface area contributed by atoms with Gasteiger partial charge in [0.25, 0.3) is 0 Å². The summed E-state index contributed by atoms with van der Waals surface area (Å²) < 4.78 is 4.64. The van der Waals surface area contributed by atoms with E-state index in [1.54, 1.807) is 0 Å². The van der Waals surface area contributed by atoms with E-state index in [2.05, 4.69) is 32.0 Å². The molecule has 15 heavy (non-hydrogen) atoms. The number of nitrogens with zero attached hydrogens (tertiary/aromatic N) is 3. The number of H-pyrrole nitrogens is 1. The lowest BCUT2D eigenvalue weighted by Gasteiger charge is -2.39. The molecule has 1 aromatic heterocycles. The summed E-state index contributed by atoms with van der Waals surface area (Å²) in [5.74, 6) is -0.429. The number of rotatable bonds is 3. The Kier molecular flexibility index (Phi) is 2.68. The zero-order valence-corrected chi connectivity index (χ0v) is 8.86. The highest BCUT2D eigenvalue weighted by Gasteiger charge is 2.34. The van der Waals surface area contributed by atoms with Crippen LogP contribution < -0.4 is 0 Å². The fourth-order valence-electron chi connectivity index (χ4n) is 1.85. The Morgan fingerprint density at radius 3 is 3.00 bits per heavy atom. The number of hydrogen-bond donors (Lipinski definition) is 1. The Hall–Kier alpha value is -1.43. The average Bonchev–Trinajstić information content (AvgIpc) is 2.64. The molecule has 1 atom stereocenters. The van der Waals surface area contributed by atoms with Crippen molar-refractivity contribution >= 4 is 5.97 Å². The molecule has 2 rings (SSSR count). The fourth-order valence-corrected chi connectivity index (χ4v) is 1.85. The van der Waals surface area contributed by atoms with Crippen molar-refractivity contribution in [2.45, 2.75) is 19.4 Å². The highest BCUT2D eigenvalue weighted by Crippen LogP contribution is 2.32. The van der Waals surface area contributed by atoms with Gasteiger partial charge in [0.2, 0.25) is 0 Å². The van der Waals surface area contributed by atoms with Crippen molar-refractivity contribution in [2.24, 2.45) is 0 Å². The molecule has 0 amide bonds.